The smallest absolute Gasteiger partial charge is 0.244 e. The zero-order valence-electron chi connectivity index (χ0n) is 16.9. The van der Waals surface area contributed by atoms with Crippen molar-refractivity contribution in [1.82, 2.24) is 14.6 Å². The van der Waals surface area contributed by atoms with Crippen molar-refractivity contribution >= 4 is 25.8 Å². The number of halogens is 1. The Morgan fingerprint density at radius 1 is 1.10 bits per heavy atom. The monoisotopic (exact) mass is 457 g/mol. The normalized spacial score (nSPS) is 12.2. The van der Waals surface area contributed by atoms with Crippen molar-refractivity contribution in [1.29, 1.82) is 0 Å². The Morgan fingerprint density at radius 2 is 1.77 bits per heavy atom. The van der Waals surface area contributed by atoms with Gasteiger partial charge in [0.25, 0.3) is 0 Å². The third kappa shape index (κ3) is 5.61. The molecule has 2 rings (SSSR count). The van der Waals surface area contributed by atoms with Gasteiger partial charge >= 0.3 is 0 Å². The molecule has 8 nitrogen and oxygen atoms in total. The number of carbonyl (C=O) groups excluding carboxylic acids is 1. The van der Waals surface area contributed by atoms with Gasteiger partial charge in [-0.15, -0.1) is 0 Å². The molecule has 1 N–H and O–H groups in total. The van der Waals surface area contributed by atoms with E-state index in [1.54, 1.807) is 32.9 Å². The number of aromatic nitrogens is 1. The standard InChI is InChI=1S/C19H24FN3O5S2/c1-4-23(5-2)30(27,28)16-8-9-19(22-12-16)29(25,26)13-18(24)21-11-15-7-6-14(3)17(20)10-15/h6-10,12H,4-5,11,13H2,1-3H3,(H,21,24). The van der Waals surface area contributed by atoms with Gasteiger partial charge in [0.1, 0.15) is 16.5 Å². The van der Waals surface area contributed by atoms with Crippen LogP contribution in [0, 0.1) is 12.7 Å². The van der Waals surface area contributed by atoms with Gasteiger partial charge in [0.2, 0.25) is 25.8 Å². The molecule has 2 aromatic rings. The molecule has 0 aliphatic heterocycles. The van der Waals surface area contributed by atoms with Crippen molar-refractivity contribution in [2.75, 3.05) is 18.8 Å². The van der Waals surface area contributed by atoms with Gasteiger partial charge in [0.15, 0.2) is 5.03 Å². The minimum atomic E-state index is -4.08. The number of sulfone groups is 1. The lowest BCUT2D eigenvalue weighted by Gasteiger charge is -2.18. The lowest BCUT2D eigenvalue weighted by Crippen LogP contribution is -2.31. The summed E-state index contributed by atoms with van der Waals surface area (Å²) in [5.74, 6) is -2.06. The predicted octanol–water partition coefficient (Wildman–Crippen LogP) is 1.65. The first-order valence-corrected chi connectivity index (χ1v) is 12.3. The third-order valence-electron chi connectivity index (χ3n) is 4.42. The highest BCUT2D eigenvalue weighted by molar-refractivity contribution is 7.92. The summed E-state index contributed by atoms with van der Waals surface area (Å²) in [6, 6.07) is 6.67. The average molecular weight is 458 g/mol. The molecule has 1 amide bonds. The Hall–Kier alpha value is -2.37. The number of amides is 1. The number of hydrogen-bond acceptors (Lipinski definition) is 6. The summed E-state index contributed by atoms with van der Waals surface area (Å²) in [7, 11) is -7.84. The van der Waals surface area contributed by atoms with Gasteiger partial charge < -0.3 is 5.32 Å². The van der Waals surface area contributed by atoms with E-state index in [0.29, 0.717) is 11.1 Å². The predicted molar refractivity (Wildman–Crippen MR) is 109 cm³/mol. The highest BCUT2D eigenvalue weighted by Gasteiger charge is 2.25. The largest absolute Gasteiger partial charge is 0.351 e. The van der Waals surface area contributed by atoms with E-state index in [1.807, 2.05) is 0 Å². The summed E-state index contributed by atoms with van der Waals surface area (Å²) in [5.41, 5.74) is 0.957. The number of benzene rings is 1. The van der Waals surface area contributed by atoms with Crippen LogP contribution in [0.2, 0.25) is 0 Å². The van der Waals surface area contributed by atoms with E-state index >= 15 is 0 Å². The number of carbonyl (C=O) groups is 1. The number of nitrogens with zero attached hydrogens (tertiary/aromatic N) is 2. The van der Waals surface area contributed by atoms with E-state index in [1.165, 1.54) is 10.4 Å². The van der Waals surface area contributed by atoms with Crippen molar-refractivity contribution in [2.45, 2.75) is 37.2 Å². The van der Waals surface area contributed by atoms with Gasteiger partial charge in [-0.1, -0.05) is 26.0 Å². The molecule has 0 aliphatic carbocycles. The average Bonchev–Trinajstić information content (AvgIpc) is 2.69. The molecule has 0 spiro atoms. The number of hydrogen-bond donors (Lipinski definition) is 1. The molecule has 0 bridgehead atoms. The van der Waals surface area contributed by atoms with Crippen molar-refractivity contribution in [3.05, 3.63) is 53.5 Å². The van der Waals surface area contributed by atoms with Gasteiger partial charge in [0.05, 0.1) is 0 Å². The molecular weight excluding hydrogens is 433 g/mol. The first-order valence-electron chi connectivity index (χ1n) is 9.22. The van der Waals surface area contributed by atoms with Crippen molar-refractivity contribution < 1.29 is 26.0 Å². The Balaban J connectivity index is 2.07. The number of sulfonamides is 1. The molecule has 0 radical (unpaired) electrons. The molecule has 0 atom stereocenters. The first-order chi connectivity index (χ1) is 14.0. The maximum Gasteiger partial charge on any atom is 0.244 e. The van der Waals surface area contributed by atoms with Crippen LogP contribution in [-0.2, 0) is 31.2 Å². The second kappa shape index (κ2) is 9.63. The highest BCUT2D eigenvalue weighted by atomic mass is 32.2. The molecule has 11 heteroatoms. The maximum atomic E-state index is 13.5. The zero-order valence-corrected chi connectivity index (χ0v) is 18.6. The molecule has 0 unspecified atom stereocenters. The van der Waals surface area contributed by atoms with Gasteiger partial charge in [0, 0.05) is 25.8 Å². The Kier molecular flexibility index (Phi) is 7.67. The Bertz CT molecular complexity index is 1110. The van der Waals surface area contributed by atoms with Crippen LogP contribution in [0.15, 0.2) is 46.5 Å². The first kappa shape index (κ1) is 23.9. The number of rotatable bonds is 9. The van der Waals surface area contributed by atoms with E-state index < -0.39 is 42.4 Å². The van der Waals surface area contributed by atoms with Crippen LogP contribution in [0.5, 0.6) is 0 Å². The molecule has 1 aromatic carbocycles. The van der Waals surface area contributed by atoms with E-state index in [-0.39, 0.29) is 24.5 Å². The van der Waals surface area contributed by atoms with Crippen LogP contribution in [0.4, 0.5) is 4.39 Å². The third-order valence-corrected chi connectivity index (χ3v) is 7.97. The van der Waals surface area contributed by atoms with E-state index in [4.69, 9.17) is 0 Å². The molecule has 0 saturated heterocycles. The Morgan fingerprint density at radius 3 is 2.30 bits per heavy atom. The maximum absolute atomic E-state index is 13.5. The lowest BCUT2D eigenvalue weighted by molar-refractivity contribution is -0.118. The van der Waals surface area contributed by atoms with Crippen LogP contribution in [0.3, 0.4) is 0 Å². The number of nitrogens with one attached hydrogen (secondary N) is 1. The van der Waals surface area contributed by atoms with Crippen LogP contribution in [-0.4, -0.2) is 50.9 Å². The molecule has 0 fully saturated rings. The molecule has 1 aromatic heterocycles. The number of aryl methyl sites for hydroxylation is 1. The quantitative estimate of drug-likeness (QED) is 0.613. The van der Waals surface area contributed by atoms with E-state index in [2.05, 4.69) is 10.3 Å². The minimum Gasteiger partial charge on any atom is -0.351 e. The molecule has 0 aliphatic rings. The van der Waals surface area contributed by atoms with Crippen LogP contribution in [0.1, 0.15) is 25.0 Å². The summed E-state index contributed by atoms with van der Waals surface area (Å²) in [6.45, 7) is 5.50. The van der Waals surface area contributed by atoms with Crippen LogP contribution in [0.25, 0.3) is 0 Å². The summed E-state index contributed by atoms with van der Waals surface area (Å²) >= 11 is 0. The Labute approximate surface area is 176 Å². The van der Waals surface area contributed by atoms with Crippen LogP contribution >= 0.6 is 0 Å². The van der Waals surface area contributed by atoms with Crippen LogP contribution < -0.4 is 5.32 Å². The van der Waals surface area contributed by atoms with Crippen molar-refractivity contribution in [3.8, 4) is 0 Å². The second-order valence-electron chi connectivity index (χ2n) is 6.54. The lowest BCUT2D eigenvalue weighted by atomic mass is 10.1. The fourth-order valence-electron chi connectivity index (χ4n) is 2.66. The fraction of sp³-hybridized carbons (Fsp3) is 0.368. The molecule has 30 heavy (non-hydrogen) atoms. The van der Waals surface area contributed by atoms with Crippen molar-refractivity contribution in [2.24, 2.45) is 0 Å². The van der Waals surface area contributed by atoms with E-state index in [0.717, 1.165) is 18.3 Å². The zero-order chi connectivity index (χ0) is 22.5. The molecule has 164 valence electrons. The number of pyridine rings is 1. The molecule has 0 saturated carbocycles. The van der Waals surface area contributed by atoms with E-state index in [9.17, 15) is 26.0 Å². The summed E-state index contributed by atoms with van der Waals surface area (Å²) in [4.78, 5) is 15.6. The summed E-state index contributed by atoms with van der Waals surface area (Å²) in [6.07, 6.45) is 0.966. The van der Waals surface area contributed by atoms with Gasteiger partial charge in [-0.05, 0) is 36.2 Å². The second-order valence-corrected chi connectivity index (χ2v) is 10.4. The van der Waals surface area contributed by atoms with Crippen molar-refractivity contribution in [3.63, 3.8) is 0 Å². The highest BCUT2D eigenvalue weighted by Crippen LogP contribution is 2.17. The fourth-order valence-corrected chi connectivity index (χ4v) is 5.15. The summed E-state index contributed by atoms with van der Waals surface area (Å²) < 4.78 is 64.5. The van der Waals surface area contributed by atoms with Gasteiger partial charge in [-0.25, -0.2) is 26.2 Å². The van der Waals surface area contributed by atoms with Gasteiger partial charge in [-0.2, -0.15) is 4.31 Å². The van der Waals surface area contributed by atoms with Gasteiger partial charge in [-0.3, -0.25) is 4.79 Å². The minimum absolute atomic E-state index is 0.0277. The topological polar surface area (TPSA) is 114 Å². The molecule has 1 heterocycles. The summed E-state index contributed by atoms with van der Waals surface area (Å²) in [5, 5.41) is 2.02. The molecular formula is C19H24FN3O5S2. The SMILES string of the molecule is CCN(CC)S(=O)(=O)c1ccc(S(=O)(=O)CC(=O)NCc2ccc(C)c(F)c2)nc1.